The largest absolute Gasteiger partial charge is 0.360 e. The fourth-order valence-corrected chi connectivity index (χ4v) is 3.23. The lowest BCUT2D eigenvalue weighted by molar-refractivity contribution is -0.120. The van der Waals surface area contributed by atoms with E-state index in [1.54, 1.807) is 25.5 Å². The molecule has 2 amide bonds. The average molecular weight is 377 g/mol. The van der Waals surface area contributed by atoms with Crippen molar-refractivity contribution in [3.63, 3.8) is 0 Å². The first-order valence-electron chi connectivity index (χ1n) is 8.99. The topological polar surface area (TPSA) is 101 Å². The molecule has 1 aromatic carbocycles. The van der Waals surface area contributed by atoms with Crippen LogP contribution in [0.25, 0.3) is 0 Å². The summed E-state index contributed by atoms with van der Waals surface area (Å²) in [6.07, 6.45) is 4.67. The Kier molecular flexibility index (Phi) is 4.84. The molecule has 3 aromatic rings. The second-order valence-corrected chi connectivity index (χ2v) is 6.63. The average Bonchev–Trinajstić information content (AvgIpc) is 3.15. The Balaban J connectivity index is 1.45. The van der Waals surface area contributed by atoms with Gasteiger partial charge in [-0.3, -0.25) is 19.5 Å². The van der Waals surface area contributed by atoms with E-state index in [1.165, 1.54) is 4.90 Å². The third-order valence-corrected chi connectivity index (χ3v) is 4.69. The molecule has 8 nitrogen and oxygen atoms in total. The fourth-order valence-electron chi connectivity index (χ4n) is 3.23. The molecule has 0 spiro atoms. The Bertz CT molecular complexity index is 1000. The van der Waals surface area contributed by atoms with Crippen molar-refractivity contribution in [1.29, 1.82) is 0 Å². The number of aromatic nitrogens is 3. The van der Waals surface area contributed by atoms with Crippen LogP contribution < -0.4 is 10.2 Å². The second-order valence-electron chi connectivity index (χ2n) is 6.63. The standard InChI is InChI=1S/C20H19N5O3/c1-25-18-15(21-9-10-22-18)7-8-16(20(25)27)23-19(26)17-12-14(28-24-17)11-13-5-3-2-4-6-13/h2-6,9-10,12,16H,7-8,11H2,1H3,(H,23,26)/t16-/m1/s1. The van der Waals surface area contributed by atoms with E-state index in [0.717, 1.165) is 11.3 Å². The highest BCUT2D eigenvalue weighted by Crippen LogP contribution is 2.21. The maximum atomic E-state index is 12.7. The molecule has 0 unspecified atom stereocenters. The fraction of sp³-hybridized carbons (Fsp3) is 0.250. The summed E-state index contributed by atoms with van der Waals surface area (Å²) in [5, 5.41) is 6.61. The molecule has 1 atom stereocenters. The summed E-state index contributed by atoms with van der Waals surface area (Å²) in [7, 11) is 1.63. The highest BCUT2D eigenvalue weighted by Gasteiger charge is 2.31. The summed E-state index contributed by atoms with van der Waals surface area (Å²) < 4.78 is 5.28. The van der Waals surface area contributed by atoms with Crippen LogP contribution in [-0.4, -0.2) is 40.0 Å². The van der Waals surface area contributed by atoms with Crippen molar-refractivity contribution >= 4 is 17.6 Å². The molecular weight excluding hydrogens is 358 g/mol. The van der Waals surface area contributed by atoms with Gasteiger partial charge in [-0.2, -0.15) is 0 Å². The number of carbonyl (C=O) groups is 2. The zero-order valence-electron chi connectivity index (χ0n) is 15.3. The normalized spacial score (nSPS) is 16.4. The molecule has 1 N–H and O–H groups in total. The first-order valence-corrected chi connectivity index (χ1v) is 8.99. The molecule has 1 aliphatic rings. The van der Waals surface area contributed by atoms with Gasteiger partial charge in [0.2, 0.25) is 0 Å². The molecule has 0 radical (unpaired) electrons. The SMILES string of the molecule is CN1C(=O)[C@H](NC(=O)c2cc(Cc3ccccc3)on2)CCc2nccnc21. The number of benzene rings is 1. The molecule has 142 valence electrons. The predicted octanol–water partition coefficient (Wildman–Crippen LogP) is 1.76. The number of nitrogens with zero attached hydrogens (tertiary/aromatic N) is 4. The maximum Gasteiger partial charge on any atom is 0.274 e. The molecule has 0 saturated carbocycles. The summed E-state index contributed by atoms with van der Waals surface area (Å²) in [4.78, 5) is 35.2. The van der Waals surface area contributed by atoms with Crippen molar-refractivity contribution in [2.45, 2.75) is 25.3 Å². The minimum Gasteiger partial charge on any atom is -0.360 e. The van der Waals surface area contributed by atoms with Gasteiger partial charge in [0.05, 0.1) is 5.69 Å². The first-order chi connectivity index (χ1) is 13.6. The van der Waals surface area contributed by atoms with Crippen molar-refractivity contribution in [3.8, 4) is 0 Å². The van der Waals surface area contributed by atoms with Gasteiger partial charge >= 0.3 is 0 Å². The van der Waals surface area contributed by atoms with Gasteiger partial charge in [0, 0.05) is 31.9 Å². The monoisotopic (exact) mass is 377 g/mol. The minimum atomic E-state index is -0.678. The summed E-state index contributed by atoms with van der Waals surface area (Å²) in [6, 6.07) is 10.7. The van der Waals surface area contributed by atoms with E-state index in [0.29, 0.717) is 30.8 Å². The third kappa shape index (κ3) is 3.62. The molecule has 0 bridgehead atoms. The van der Waals surface area contributed by atoms with Crippen molar-refractivity contribution in [2.75, 3.05) is 11.9 Å². The summed E-state index contributed by atoms with van der Waals surface area (Å²) >= 11 is 0. The lowest BCUT2D eigenvalue weighted by atomic mass is 10.1. The molecule has 3 heterocycles. The van der Waals surface area contributed by atoms with E-state index in [4.69, 9.17) is 4.52 Å². The van der Waals surface area contributed by atoms with Crippen LogP contribution in [0.15, 0.2) is 53.3 Å². The van der Waals surface area contributed by atoms with Gasteiger partial charge in [0.15, 0.2) is 11.5 Å². The predicted molar refractivity (Wildman–Crippen MR) is 101 cm³/mol. The van der Waals surface area contributed by atoms with Crippen molar-refractivity contribution < 1.29 is 14.1 Å². The summed E-state index contributed by atoms with van der Waals surface area (Å²) in [5.41, 5.74) is 1.95. The highest BCUT2D eigenvalue weighted by molar-refractivity contribution is 6.01. The molecule has 4 rings (SSSR count). The summed E-state index contributed by atoms with van der Waals surface area (Å²) in [6.45, 7) is 0. The van der Waals surface area contributed by atoms with Gasteiger partial charge in [-0.25, -0.2) is 4.98 Å². The van der Waals surface area contributed by atoms with Gasteiger partial charge in [-0.05, 0) is 18.4 Å². The van der Waals surface area contributed by atoms with Crippen LogP contribution >= 0.6 is 0 Å². The molecule has 0 fully saturated rings. The van der Waals surface area contributed by atoms with Gasteiger partial charge in [-0.1, -0.05) is 35.5 Å². The number of amides is 2. The van der Waals surface area contributed by atoms with E-state index in [9.17, 15) is 9.59 Å². The zero-order valence-corrected chi connectivity index (χ0v) is 15.3. The van der Waals surface area contributed by atoms with Gasteiger partial charge in [-0.15, -0.1) is 0 Å². The molecule has 8 heteroatoms. The smallest absolute Gasteiger partial charge is 0.274 e. The Hall–Kier alpha value is -3.55. The lowest BCUT2D eigenvalue weighted by Crippen LogP contribution is -2.47. The van der Waals surface area contributed by atoms with Crippen molar-refractivity contribution in [2.24, 2.45) is 0 Å². The third-order valence-electron chi connectivity index (χ3n) is 4.69. The number of nitrogens with one attached hydrogen (secondary N) is 1. The number of likely N-dealkylation sites (N-methyl/N-ethyl adjacent to an activating group) is 1. The van der Waals surface area contributed by atoms with Crippen LogP contribution in [0.1, 0.15) is 33.9 Å². The molecule has 0 aliphatic carbocycles. The number of rotatable bonds is 4. The van der Waals surface area contributed by atoms with Gasteiger partial charge in [0.1, 0.15) is 11.8 Å². The quantitative estimate of drug-likeness (QED) is 0.743. The number of fused-ring (bicyclic) bond motifs is 1. The molecule has 0 saturated heterocycles. The second kappa shape index (κ2) is 7.59. The molecular formula is C20H19N5O3. The van der Waals surface area contributed by atoms with Crippen LogP contribution in [-0.2, 0) is 17.6 Å². The van der Waals surface area contributed by atoms with Crippen molar-refractivity contribution in [1.82, 2.24) is 20.4 Å². The van der Waals surface area contributed by atoms with E-state index in [2.05, 4.69) is 20.4 Å². The van der Waals surface area contributed by atoms with E-state index >= 15 is 0 Å². The zero-order chi connectivity index (χ0) is 19.5. The van der Waals surface area contributed by atoms with Gasteiger partial charge in [0.25, 0.3) is 11.8 Å². The van der Waals surface area contributed by atoms with E-state index in [-0.39, 0.29) is 11.6 Å². The highest BCUT2D eigenvalue weighted by atomic mass is 16.5. The number of aryl methyl sites for hydroxylation is 1. The van der Waals surface area contributed by atoms with Crippen LogP contribution in [0.3, 0.4) is 0 Å². The summed E-state index contributed by atoms with van der Waals surface area (Å²) in [5.74, 6) is 0.430. The number of hydrogen-bond acceptors (Lipinski definition) is 6. The Morgan fingerprint density at radius 2 is 2.04 bits per heavy atom. The lowest BCUT2D eigenvalue weighted by Gasteiger charge is -2.20. The van der Waals surface area contributed by atoms with Crippen molar-refractivity contribution in [3.05, 3.63) is 71.5 Å². The van der Waals surface area contributed by atoms with E-state index in [1.807, 2.05) is 30.3 Å². The van der Waals surface area contributed by atoms with Crippen LogP contribution in [0, 0.1) is 0 Å². The van der Waals surface area contributed by atoms with E-state index < -0.39 is 11.9 Å². The molecule has 1 aliphatic heterocycles. The Morgan fingerprint density at radius 1 is 1.25 bits per heavy atom. The maximum absolute atomic E-state index is 12.7. The Labute approximate surface area is 161 Å². The van der Waals surface area contributed by atoms with Crippen LogP contribution in [0.4, 0.5) is 5.82 Å². The minimum absolute atomic E-state index is 0.152. The van der Waals surface area contributed by atoms with Crippen LogP contribution in [0.5, 0.6) is 0 Å². The number of anilines is 1. The molecule has 2 aromatic heterocycles. The number of carbonyl (C=O) groups excluding carboxylic acids is 2. The first kappa shape index (κ1) is 17.8. The number of hydrogen-bond donors (Lipinski definition) is 1. The molecule has 28 heavy (non-hydrogen) atoms. The Morgan fingerprint density at radius 3 is 2.86 bits per heavy atom. The van der Waals surface area contributed by atoms with Crippen LogP contribution in [0.2, 0.25) is 0 Å². The van der Waals surface area contributed by atoms with Gasteiger partial charge < -0.3 is 9.84 Å².